The fourth-order valence-corrected chi connectivity index (χ4v) is 3.91. The van der Waals surface area contributed by atoms with Crippen LogP contribution < -0.4 is 16.2 Å². The van der Waals surface area contributed by atoms with Gasteiger partial charge in [0.15, 0.2) is 0 Å². The molecule has 0 saturated heterocycles. The summed E-state index contributed by atoms with van der Waals surface area (Å²) in [5, 5.41) is 2.68. The minimum Gasteiger partial charge on any atom is -0.447 e. The molecule has 0 saturated carbocycles. The molecular weight excluding hydrogens is 434 g/mol. The van der Waals surface area contributed by atoms with E-state index in [0.29, 0.717) is 13.0 Å². The number of ether oxygens (including phenoxy) is 2. The number of rotatable bonds is 8. The van der Waals surface area contributed by atoms with Crippen LogP contribution in [0.25, 0.3) is 11.1 Å². The Morgan fingerprint density at radius 2 is 1.44 bits per heavy atom. The molecule has 0 heterocycles. The summed E-state index contributed by atoms with van der Waals surface area (Å²) in [6.07, 6.45) is 1.24. The monoisotopic (exact) mass is 467 g/mol. The molecule has 2 aromatic carbocycles. The average Bonchev–Trinajstić information content (AvgIpc) is 3.11. The van der Waals surface area contributed by atoms with Gasteiger partial charge in [0.05, 0.1) is 0 Å². The van der Waals surface area contributed by atoms with Crippen LogP contribution in [0, 0.1) is 0 Å². The number of nitrogens with one attached hydrogen (secondary N) is 3. The number of fused-ring (bicyclic) bond motifs is 3. The van der Waals surface area contributed by atoms with Crippen molar-refractivity contribution in [2.45, 2.75) is 58.0 Å². The maximum atomic E-state index is 12.1. The lowest BCUT2D eigenvalue weighted by molar-refractivity contribution is -0.122. The van der Waals surface area contributed by atoms with Crippen molar-refractivity contribution in [1.29, 1.82) is 0 Å². The zero-order valence-electron chi connectivity index (χ0n) is 20.0. The summed E-state index contributed by atoms with van der Waals surface area (Å²) in [5.41, 5.74) is 8.72. The number of amides is 3. The molecule has 0 spiro atoms. The van der Waals surface area contributed by atoms with Crippen LogP contribution in [0.3, 0.4) is 0 Å². The molecule has 8 nitrogen and oxygen atoms in total. The molecular formula is C26H33N3O5. The highest BCUT2D eigenvalue weighted by atomic mass is 16.6. The molecule has 1 aliphatic rings. The van der Waals surface area contributed by atoms with Crippen LogP contribution >= 0.6 is 0 Å². The SMILES string of the molecule is CC(C)(C)OC(=O)NCCCCCC(=O)NNC(=O)OCC1c2ccccc2-c2ccccc21. The number of alkyl carbamates (subject to hydrolysis) is 1. The Morgan fingerprint density at radius 3 is 2.06 bits per heavy atom. The summed E-state index contributed by atoms with van der Waals surface area (Å²) in [5.74, 6) is -0.336. The fraction of sp³-hybridized carbons (Fsp3) is 0.423. The van der Waals surface area contributed by atoms with Crippen molar-refractivity contribution in [3.63, 3.8) is 0 Å². The Bertz CT molecular complexity index is 970. The molecule has 0 fully saturated rings. The van der Waals surface area contributed by atoms with Gasteiger partial charge in [0.25, 0.3) is 0 Å². The first-order valence-electron chi connectivity index (χ1n) is 11.6. The molecule has 3 rings (SSSR count). The first-order chi connectivity index (χ1) is 16.2. The van der Waals surface area contributed by atoms with Crippen LogP contribution in [0.15, 0.2) is 48.5 Å². The van der Waals surface area contributed by atoms with E-state index in [4.69, 9.17) is 9.47 Å². The van der Waals surface area contributed by atoms with Gasteiger partial charge in [-0.05, 0) is 55.9 Å². The van der Waals surface area contributed by atoms with Crippen LogP contribution in [0.5, 0.6) is 0 Å². The van der Waals surface area contributed by atoms with Crippen LogP contribution in [-0.2, 0) is 14.3 Å². The maximum absolute atomic E-state index is 12.1. The smallest absolute Gasteiger partial charge is 0.426 e. The number of hydrogen-bond donors (Lipinski definition) is 3. The molecule has 182 valence electrons. The predicted molar refractivity (Wildman–Crippen MR) is 129 cm³/mol. The van der Waals surface area contributed by atoms with Gasteiger partial charge in [0.2, 0.25) is 5.91 Å². The normalized spacial score (nSPS) is 12.3. The highest BCUT2D eigenvalue weighted by Crippen LogP contribution is 2.44. The van der Waals surface area contributed by atoms with Gasteiger partial charge in [-0.25, -0.2) is 15.0 Å². The van der Waals surface area contributed by atoms with E-state index in [1.165, 1.54) is 0 Å². The van der Waals surface area contributed by atoms with E-state index >= 15 is 0 Å². The van der Waals surface area contributed by atoms with Gasteiger partial charge in [-0.3, -0.25) is 10.2 Å². The van der Waals surface area contributed by atoms with Gasteiger partial charge < -0.3 is 14.8 Å². The second-order valence-electron chi connectivity index (χ2n) is 9.24. The molecule has 3 N–H and O–H groups in total. The first-order valence-corrected chi connectivity index (χ1v) is 11.6. The average molecular weight is 468 g/mol. The van der Waals surface area contributed by atoms with E-state index in [-0.39, 0.29) is 24.9 Å². The van der Waals surface area contributed by atoms with Gasteiger partial charge in [0, 0.05) is 18.9 Å². The largest absolute Gasteiger partial charge is 0.447 e. The molecule has 34 heavy (non-hydrogen) atoms. The number of unbranched alkanes of at least 4 members (excludes halogenated alkanes) is 2. The van der Waals surface area contributed by atoms with E-state index in [9.17, 15) is 14.4 Å². The van der Waals surface area contributed by atoms with Crippen LogP contribution in [-0.4, -0.2) is 36.8 Å². The van der Waals surface area contributed by atoms with Gasteiger partial charge in [-0.2, -0.15) is 0 Å². The molecule has 0 aliphatic heterocycles. The summed E-state index contributed by atoms with van der Waals surface area (Å²) in [4.78, 5) is 35.6. The quantitative estimate of drug-likeness (QED) is 0.387. The summed E-state index contributed by atoms with van der Waals surface area (Å²) < 4.78 is 10.5. The summed E-state index contributed by atoms with van der Waals surface area (Å²) >= 11 is 0. The van der Waals surface area contributed by atoms with E-state index in [1.54, 1.807) is 0 Å². The first kappa shape index (κ1) is 25.1. The third-order valence-corrected chi connectivity index (χ3v) is 5.40. The van der Waals surface area contributed by atoms with Crippen molar-refractivity contribution in [1.82, 2.24) is 16.2 Å². The molecule has 0 bridgehead atoms. The highest BCUT2D eigenvalue weighted by Gasteiger charge is 2.29. The highest BCUT2D eigenvalue weighted by molar-refractivity contribution is 5.80. The lowest BCUT2D eigenvalue weighted by atomic mass is 9.98. The third-order valence-electron chi connectivity index (χ3n) is 5.40. The molecule has 0 radical (unpaired) electrons. The topological polar surface area (TPSA) is 106 Å². The van der Waals surface area contributed by atoms with Crippen molar-refractivity contribution < 1.29 is 23.9 Å². The lowest BCUT2D eigenvalue weighted by Gasteiger charge is -2.19. The Balaban J connectivity index is 1.31. The molecule has 8 heteroatoms. The van der Waals surface area contributed by atoms with E-state index in [1.807, 2.05) is 57.2 Å². The number of benzene rings is 2. The minimum atomic E-state index is -0.697. The second-order valence-corrected chi connectivity index (χ2v) is 9.24. The summed E-state index contributed by atoms with van der Waals surface area (Å²) in [7, 11) is 0. The fourth-order valence-electron chi connectivity index (χ4n) is 3.91. The zero-order valence-corrected chi connectivity index (χ0v) is 20.0. The third kappa shape index (κ3) is 7.23. The number of carbonyl (C=O) groups excluding carboxylic acids is 3. The van der Waals surface area contributed by atoms with Gasteiger partial charge >= 0.3 is 12.2 Å². The van der Waals surface area contributed by atoms with Gasteiger partial charge in [-0.1, -0.05) is 55.0 Å². The standard InChI is InChI=1S/C26H33N3O5/c1-26(2,3)34-24(31)27-16-10-4-5-15-23(30)28-29-25(32)33-17-22-20-13-8-6-11-18(20)19-12-7-9-14-21(19)22/h6-9,11-14,22H,4-5,10,15-17H2,1-3H3,(H,27,31)(H,28,30)(H,29,32). The van der Waals surface area contributed by atoms with E-state index < -0.39 is 17.8 Å². The van der Waals surface area contributed by atoms with Gasteiger partial charge in [-0.15, -0.1) is 0 Å². The molecule has 0 atom stereocenters. The van der Waals surface area contributed by atoms with E-state index in [2.05, 4.69) is 28.3 Å². The molecule has 0 unspecified atom stereocenters. The van der Waals surface area contributed by atoms with Crippen LogP contribution in [0.2, 0.25) is 0 Å². The van der Waals surface area contributed by atoms with Crippen molar-refractivity contribution in [2.75, 3.05) is 13.2 Å². The number of hydrazine groups is 1. The van der Waals surface area contributed by atoms with Crippen LogP contribution in [0.1, 0.15) is 63.5 Å². The second kappa shape index (κ2) is 11.5. The van der Waals surface area contributed by atoms with Crippen LogP contribution in [0.4, 0.5) is 9.59 Å². The van der Waals surface area contributed by atoms with Crippen molar-refractivity contribution >= 4 is 18.1 Å². The van der Waals surface area contributed by atoms with Crippen molar-refractivity contribution in [3.05, 3.63) is 59.7 Å². The molecule has 2 aromatic rings. The van der Waals surface area contributed by atoms with Crippen molar-refractivity contribution in [3.8, 4) is 11.1 Å². The summed E-state index contributed by atoms with van der Waals surface area (Å²) in [6.45, 7) is 6.08. The molecule has 0 aromatic heterocycles. The lowest BCUT2D eigenvalue weighted by Crippen LogP contribution is -2.42. The van der Waals surface area contributed by atoms with Gasteiger partial charge in [0.1, 0.15) is 12.2 Å². The Labute approximate surface area is 200 Å². The Hall–Kier alpha value is -3.55. The molecule has 3 amide bonds. The number of hydrogen-bond acceptors (Lipinski definition) is 5. The summed E-state index contributed by atoms with van der Waals surface area (Å²) in [6, 6.07) is 16.2. The predicted octanol–water partition coefficient (Wildman–Crippen LogP) is 4.64. The molecule has 1 aliphatic carbocycles. The Kier molecular flexibility index (Phi) is 8.51. The Morgan fingerprint density at radius 1 is 0.824 bits per heavy atom. The minimum absolute atomic E-state index is 0.0388. The van der Waals surface area contributed by atoms with Crippen molar-refractivity contribution in [2.24, 2.45) is 0 Å². The van der Waals surface area contributed by atoms with E-state index in [0.717, 1.165) is 35.1 Å². The number of carbonyl (C=O) groups is 3. The maximum Gasteiger partial charge on any atom is 0.426 e. The zero-order chi connectivity index (χ0) is 24.6.